The molecule has 0 spiro atoms. The van der Waals surface area contributed by atoms with Crippen LogP contribution in [0, 0.1) is 5.92 Å². The third-order valence-electron chi connectivity index (χ3n) is 3.56. The fraction of sp³-hybridized carbons (Fsp3) is 0.333. The number of fused-ring (bicyclic) bond motifs is 1. The normalized spacial score (nSPS) is 18.3. The lowest BCUT2D eigenvalue weighted by atomic mass is 10.1. The van der Waals surface area contributed by atoms with Crippen LogP contribution in [0.3, 0.4) is 0 Å². The van der Waals surface area contributed by atoms with E-state index in [2.05, 4.69) is 10.3 Å². The van der Waals surface area contributed by atoms with E-state index in [1.165, 1.54) is 17.9 Å². The van der Waals surface area contributed by atoms with Crippen LogP contribution in [0.15, 0.2) is 30.3 Å². The summed E-state index contributed by atoms with van der Waals surface area (Å²) in [6, 6.07) is 8.87. The second-order valence-electron chi connectivity index (χ2n) is 4.98. The average molecular weight is 288 g/mol. The number of hydrogen-bond donors (Lipinski definition) is 2. The maximum atomic E-state index is 11.2. The van der Waals surface area contributed by atoms with E-state index in [0.29, 0.717) is 16.9 Å². The van der Waals surface area contributed by atoms with Gasteiger partial charge in [-0.2, -0.15) is 11.8 Å². The molecule has 2 heterocycles. The molecular formula is C15H16N2O2S. The first kappa shape index (κ1) is 13.2. The van der Waals surface area contributed by atoms with Crippen LogP contribution in [0.25, 0.3) is 10.9 Å². The second kappa shape index (κ2) is 5.71. The standard InChI is InChI=1S/C15H16N2O2S/c18-15(19)12-2-1-3-13-11(12)4-5-14(17-13)16-8-10-6-7-20-9-10/h1-5,10H,6-9H2,(H,16,17)(H,18,19). The van der Waals surface area contributed by atoms with Gasteiger partial charge in [0.1, 0.15) is 5.82 Å². The lowest BCUT2D eigenvalue weighted by Crippen LogP contribution is -2.14. The molecule has 104 valence electrons. The quantitative estimate of drug-likeness (QED) is 0.905. The zero-order valence-electron chi connectivity index (χ0n) is 11.0. The van der Waals surface area contributed by atoms with Crippen LogP contribution in [0.4, 0.5) is 5.82 Å². The fourth-order valence-corrected chi connectivity index (χ4v) is 3.72. The molecule has 1 aliphatic heterocycles. The zero-order valence-corrected chi connectivity index (χ0v) is 11.8. The first-order valence-electron chi connectivity index (χ1n) is 6.69. The molecule has 0 bridgehead atoms. The minimum absolute atomic E-state index is 0.300. The Bertz CT molecular complexity index is 639. The van der Waals surface area contributed by atoms with Crippen molar-refractivity contribution in [3.05, 3.63) is 35.9 Å². The zero-order chi connectivity index (χ0) is 13.9. The molecule has 1 aromatic heterocycles. The van der Waals surface area contributed by atoms with Crippen molar-refractivity contribution in [3.8, 4) is 0 Å². The van der Waals surface area contributed by atoms with Crippen molar-refractivity contribution < 1.29 is 9.90 Å². The first-order chi connectivity index (χ1) is 9.74. The smallest absolute Gasteiger partial charge is 0.336 e. The predicted octanol–water partition coefficient (Wildman–Crippen LogP) is 3.10. The molecule has 1 aliphatic rings. The van der Waals surface area contributed by atoms with Gasteiger partial charge in [0.05, 0.1) is 11.1 Å². The molecule has 0 radical (unpaired) electrons. The lowest BCUT2D eigenvalue weighted by Gasteiger charge is -2.11. The van der Waals surface area contributed by atoms with Gasteiger partial charge in [-0.15, -0.1) is 0 Å². The molecule has 3 rings (SSSR count). The minimum Gasteiger partial charge on any atom is -0.478 e. The van der Waals surface area contributed by atoms with Crippen LogP contribution in [-0.2, 0) is 0 Å². The number of aromatic carboxylic acids is 1. The minimum atomic E-state index is -0.916. The molecule has 1 saturated heterocycles. The molecule has 1 fully saturated rings. The first-order valence-corrected chi connectivity index (χ1v) is 7.84. The number of rotatable bonds is 4. The Kier molecular flexibility index (Phi) is 3.78. The van der Waals surface area contributed by atoms with Gasteiger partial charge in [-0.1, -0.05) is 6.07 Å². The Hall–Kier alpha value is -1.75. The predicted molar refractivity (Wildman–Crippen MR) is 82.6 cm³/mol. The Morgan fingerprint density at radius 3 is 3.05 bits per heavy atom. The van der Waals surface area contributed by atoms with Crippen LogP contribution in [0.5, 0.6) is 0 Å². The molecule has 5 heteroatoms. The molecule has 1 atom stereocenters. The van der Waals surface area contributed by atoms with Gasteiger partial charge >= 0.3 is 5.97 Å². The lowest BCUT2D eigenvalue weighted by molar-refractivity contribution is 0.0699. The fourth-order valence-electron chi connectivity index (χ4n) is 2.43. The largest absolute Gasteiger partial charge is 0.478 e. The number of nitrogens with one attached hydrogen (secondary N) is 1. The number of thioether (sulfide) groups is 1. The van der Waals surface area contributed by atoms with Crippen molar-refractivity contribution in [2.75, 3.05) is 23.4 Å². The summed E-state index contributed by atoms with van der Waals surface area (Å²) in [5.41, 5.74) is 1.02. The molecule has 1 aromatic carbocycles. The highest BCUT2D eigenvalue weighted by Gasteiger charge is 2.15. The van der Waals surface area contributed by atoms with Gasteiger partial charge in [0, 0.05) is 11.9 Å². The van der Waals surface area contributed by atoms with Crippen LogP contribution in [-0.4, -0.2) is 34.1 Å². The molecule has 0 saturated carbocycles. The SMILES string of the molecule is O=C(O)c1cccc2nc(NCC3CCSC3)ccc12. The highest BCUT2D eigenvalue weighted by Crippen LogP contribution is 2.24. The van der Waals surface area contributed by atoms with E-state index < -0.39 is 5.97 Å². The Balaban J connectivity index is 1.81. The topological polar surface area (TPSA) is 62.2 Å². The van der Waals surface area contributed by atoms with Crippen molar-refractivity contribution in [2.45, 2.75) is 6.42 Å². The van der Waals surface area contributed by atoms with Gasteiger partial charge in [0.15, 0.2) is 0 Å². The van der Waals surface area contributed by atoms with Gasteiger partial charge in [0.25, 0.3) is 0 Å². The van der Waals surface area contributed by atoms with Crippen LogP contribution in [0.2, 0.25) is 0 Å². The van der Waals surface area contributed by atoms with E-state index in [9.17, 15) is 4.79 Å². The van der Waals surface area contributed by atoms with E-state index >= 15 is 0 Å². The van der Waals surface area contributed by atoms with Gasteiger partial charge in [0.2, 0.25) is 0 Å². The number of pyridine rings is 1. The number of benzene rings is 1. The van der Waals surface area contributed by atoms with E-state index in [4.69, 9.17) is 5.11 Å². The average Bonchev–Trinajstić information content (AvgIpc) is 2.97. The molecule has 20 heavy (non-hydrogen) atoms. The summed E-state index contributed by atoms with van der Waals surface area (Å²) in [5, 5.41) is 13.2. The highest BCUT2D eigenvalue weighted by molar-refractivity contribution is 7.99. The number of carboxylic acids is 1. The maximum Gasteiger partial charge on any atom is 0.336 e. The molecule has 1 unspecified atom stereocenters. The third kappa shape index (κ3) is 2.72. The van der Waals surface area contributed by atoms with E-state index in [1.54, 1.807) is 12.1 Å². The van der Waals surface area contributed by atoms with Crippen molar-refractivity contribution in [1.29, 1.82) is 0 Å². The molecule has 2 N–H and O–H groups in total. The molecular weight excluding hydrogens is 272 g/mol. The van der Waals surface area contributed by atoms with Gasteiger partial charge in [-0.3, -0.25) is 0 Å². The Morgan fingerprint density at radius 1 is 1.40 bits per heavy atom. The summed E-state index contributed by atoms with van der Waals surface area (Å²) in [6.07, 6.45) is 1.26. The summed E-state index contributed by atoms with van der Waals surface area (Å²) < 4.78 is 0. The van der Waals surface area contributed by atoms with Gasteiger partial charge < -0.3 is 10.4 Å². The number of carbonyl (C=O) groups is 1. The number of hydrogen-bond acceptors (Lipinski definition) is 4. The van der Waals surface area contributed by atoms with Crippen LogP contribution >= 0.6 is 11.8 Å². The Labute approximate surface area is 121 Å². The monoisotopic (exact) mass is 288 g/mol. The van der Waals surface area contributed by atoms with E-state index in [0.717, 1.165) is 17.9 Å². The third-order valence-corrected chi connectivity index (χ3v) is 4.79. The number of aromatic nitrogens is 1. The Morgan fingerprint density at radius 2 is 2.30 bits per heavy atom. The van der Waals surface area contributed by atoms with E-state index in [1.807, 2.05) is 30.0 Å². The van der Waals surface area contributed by atoms with Crippen LogP contribution in [0.1, 0.15) is 16.8 Å². The van der Waals surface area contributed by atoms with Crippen molar-refractivity contribution >= 4 is 34.5 Å². The number of carboxylic acid groups (broad SMARTS) is 1. The summed E-state index contributed by atoms with van der Waals surface area (Å²) in [6.45, 7) is 0.935. The van der Waals surface area contributed by atoms with E-state index in [-0.39, 0.29) is 0 Å². The second-order valence-corrected chi connectivity index (χ2v) is 6.13. The summed E-state index contributed by atoms with van der Waals surface area (Å²) >= 11 is 2.00. The van der Waals surface area contributed by atoms with Crippen LogP contribution < -0.4 is 5.32 Å². The van der Waals surface area contributed by atoms with Gasteiger partial charge in [-0.25, -0.2) is 9.78 Å². The summed E-state index contributed by atoms with van der Waals surface area (Å²) in [4.78, 5) is 15.7. The van der Waals surface area contributed by atoms with Crippen molar-refractivity contribution in [1.82, 2.24) is 4.98 Å². The molecule has 4 nitrogen and oxygen atoms in total. The maximum absolute atomic E-state index is 11.2. The number of anilines is 1. The highest BCUT2D eigenvalue weighted by atomic mass is 32.2. The molecule has 0 amide bonds. The van der Waals surface area contributed by atoms with Crippen molar-refractivity contribution in [3.63, 3.8) is 0 Å². The summed E-state index contributed by atoms with van der Waals surface area (Å²) in [7, 11) is 0. The van der Waals surface area contributed by atoms with Gasteiger partial charge in [-0.05, 0) is 48.1 Å². The van der Waals surface area contributed by atoms with Crippen molar-refractivity contribution in [2.24, 2.45) is 5.92 Å². The molecule has 0 aliphatic carbocycles. The molecule has 2 aromatic rings. The summed E-state index contributed by atoms with van der Waals surface area (Å²) in [5.74, 6) is 3.07. The number of nitrogens with zero attached hydrogens (tertiary/aromatic N) is 1.